The van der Waals surface area contributed by atoms with Gasteiger partial charge >= 0.3 is 0 Å². The van der Waals surface area contributed by atoms with E-state index in [1.165, 1.54) is 7.05 Å². The lowest BCUT2D eigenvalue weighted by atomic mass is 9.92. The molecule has 172 valence electrons. The number of nitrogens with one attached hydrogen (secondary N) is 3. The van der Waals surface area contributed by atoms with Crippen LogP contribution in [-0.2, 0) is 10.0 Å². The first-order valence-electron chi connectivity index (χ1n) is 11.1. The van der Waals surface area contributed by atoms with Crippen molar-refractivity contribution >= 4 is 33.0 Å². The summed E-state index contributed by atoms with van der Waals surface area (Å²) in [4.78, 5) is 5.09. The molecule has 1 aliphatic rings. The molecule has 10 heteroatoms. The summed E-state index contributed by atoms with van der Waals surface area (Å²) in [6.07, 6.45) is 6.27. The summed E-state index contributed by atoms with van der Waals surface area (Å²) >= 11 is 0. The molecule has 2 heterocycles. The topological polar surface area (TPSA) is 128 Å². The smallest absolute Gasteiger partial charge is 0.240 e. The van der Waals surface area contributed by atoms with Gasteiger partial charge in [-0.3, -0.25) is 0 Å². The van der Waals surface area contributed by atoms with Gasteiger partial charge in [-0.1, -0.05) is 13.8 Å². The van der Waals surface area contributed by atoms with Crippen LogP contribution in [0, 0.1) is 0 Å². The molecule has 0 unspecified atom stereocenters. The summed E-state index contributed by atoms with van der Waals surface area (Å²) in [5.41, 5.74) is 6.84. The van der Waals surface area contributed by atoms with Crippen molar-refractivity contribution in [3.05, 3.63) is 42.1 Å². The Morgan fingerprint density at radius 2 is 1.81 bits per heavy atom. The summed E-state index contributed by atoms with van der Waals surface area (Å²) in [6, 6.07) is 9.51. The third kappa shape index (κ3) is 4.72. The van der Waals surface area contributed by atoms with Crippen molar-refractivity contribution < 1.29 is 14.2 Å². The fourth-order valence-electron chi connectivity index (χ4n) is 4.05. The van der Waals surface area contributed by atoms with Crippen LogP contribution in [-0.4, -0.2) is 42.1 Å². The Balaban J connectivity index is 1.66. The maximum Gasteiger partial charge on any atom is 0.240 e. The molecular weight excluding hydrogens is 426 g/mol. The van der Waals surface area contributed by atoms with Crippen molar-refractivity contribution in [2.75, 3.05) is 17.7 Å². The molecule has 6 N–H and O–H groups in total. The summed E-state index contributed by atoms with van der Waals surface area (Å²) in [6.45, 7) is 4.25. The second kappa shape index (κ2) is 9.05. The van der Waals surface area contributed by atoms with Gasteiger partial charge in [0.15, 0.2) is 5.65 Å². The zero-order chi connectivity index (χ0) is 22.9. The van der Waals surface area contributed by atoms with Crippen LogP contribution >= 0.6 is 0 Å². The highest BCUT2D eigenvalue weighted by Crippen LogP contribution is 2.28. The number of hydrogen-bond acceptors (Lipinski definition) is 6. The third-order valence-corrected chi connectivity index (χ3v) is 7.46. The largest absolute Gasteiger partial charge is 0.367 e. The second-order valence-corrected chi connectivity index (χ2v) is 10.6. The van der Waals surface area contributed by atoms with Gasteiger partial charge < -0.3 is 16.4 Å². The Morgan fingerprint density at radius 1 is 1.12 bits per heavy atom. The molecule has 0 atom stereocenters. The highest BCUT2D eigenvalue weighted by Gasteiger charge is 2.22. The van der Waals surface area contributed by atoms with Gasteiger partial charge in [0.25, 0.3) is 0 Å². The van der Waals surface area contributed by atoms with Crippen LogP contribution in [0.4, 0.5) is 17.3 Å². The molecule has 3 aromatic rings. The predicted molar refractivity (Wildman–Crippen MR) is 126 cm³/mol. The molecule has 0 amide bonds. The zero-order valence-corrected chi connectivity index (χ0v) is 19.6. The molecule has 1 fully saturated rings. The second-order valence-electron chi connectivity index (χ2n) is 8.74. The first kappa shape index (κ1) is 22.5. The minimum Gasteiger partial charge on any atom is -0.367 e. The van der Waals surface area contributed by atoms with E-state index in [-0.39, 0.29) is 10.8 Å². The quantitative estimate of drug-likeness (QED) is 0.431. The van der Waals surface area contributed by atoms with Crippen LogP contribution in [0.25, 0.3) is 5.65 Å². The Kier molecular flexibility index (Phi) is 6.36. The molecule has 0 spiro atoms. The molecule has 4 rings (SSSR count). The average molecular weight is 459 g/mol. The fraction of sp³-hybridized carbons (Fsp3) is 0.455. The van der Waals surface area contributed by atoms with Gasteiger partial charge in [0.1, 0.15) is 11.6 Å². The molecule has 1 aromatic carbocycles. The molecule has 32 heavy (non-hydrogen) atoms. The van der Waals surface area contributed by atoms with Crippen molar-refractivity contribution in [3.63, 3.8) is 0 Å². The molecular formula is C22H32N7O2S+. The summed E-state index contributed by atoms with van der Waals surface area (Å²) < 4.78 is 28.1. The van der Waals surface area contributed by atoms with E-state index in [4.69, 9.17) is 4.98 Å². The molecule has 0 radical (unpaired) electrons. The summed E-state index contributed by atoms with van der Waals surface area (Å²) in [5.74, 6) is 1.86. The van der Waals surface area contributed by atoms with Gasteiger partial charge in [0.2, 0.25) is 10.0 Å². The standard InChI is InChI=1S/C22H31N7O2S/c1-14(2)19-13-25-29-21(27-17-8-10-18(11-9-17)32(30,31)24-3)12-20(28-22(19)29)26-16-6-4-15(23)5-7-16/h8-16,24,27H,4-7,23H2,1-3H3,(H,26,28)/p+1. The average Bonchev–Trinajstić information content (AvgIpc) is 3.20. The highest BCUT2D eigenvalue weighted by atomic mass is 32.2. The number of anilines is 3. The first-order valence-corrected chi connectivity index (χ1v) is 12.5. The summed E-state index contributed by atoms with van der Waals surface area (Å²) in [5, 5.41) is 11.5. The third-order valence-electron chi connectivity index (χ3n) is 6.03. The van der Waals surface area contributed by atoms with E-state index in [9.17, 15) is 8.42 Å². The molecule has 0 aliphatic heterocycles. The van der Waals surface area contributed by atoms with E-state index < -0.39 is 10.0 Å². The lowest BCUT2D eigenvalue weighted by molar-refractivity contribution is -0.425. The van der Waals surface area contributed by atoms with E-state index in [1.807, 2.05) is 12.3 Å². The van der Waals surface area contributed by atoms with Crippen LogP contribution in [0.15, 0.2) is 41.4 Å². The number of fused-ring (bicyclic) bond motifs is 1. The minimum absolute atomic E-state index is 0.218. The van der Waals surface area contributed by atoms with Crippen LogP contribution in [0.2, 0.25) is 0 Å². The van der Waals surface area contributed by atoms with Gasteiger partial charge in [0, 0.05) is 36.2 Å². The number of aromatic nitrogens is 3. The summed E-state index contributed by atoms with van der Waals surface area (Å²) in [7, 11) is -2.08. The number of quaternary nitrogens is 1. The Labute approximate surface area is 188 Å². The molecule has 2 aromatic heterocycles. The molecule has 9 nitrogen and oxygen atoms in total. The highest BCUT2D eigenvalue weighted by molar-refractivity contribution is 7.89. The van der Waals surface area contributed by atoms with Gasteiger partial charge in [-0.25, -0.2) is 18.1 Å². The first-order chi connectivity index (χ1) is 15.3. The number of nitrogens with zero attached hydrogens (tertiary/aromatic N) is 3. The van der Waals surface area contributed by atoms with E-state index in [0.717, 1.165) is 54.2 Å². The number of rotatable bonds is 7. The van der Waals surface area contributed by atoms with Gasteiger partial charge in [-0.2, -0.15) is 9.61 Å². The van der Waals surface area contributed by atoms with Crippen molar-refractivity contribution in [2.24, 2.45) is 0 Å². The number of sulfonamides is 1. The van der Waals surface area contributed by atoms with Crippen molar-refractivity contribution in [1.29, 1.82) is 0 Å². The van der Waals surface area contributed by atoms with Crippen molar-refractivity contribution in [2.45, 2.75) is 62.4 Å². The van der Waals surface area contributed by atoms with E-state index in [2.05, 4.69) is 40.0 Å². The SMILES string of the molecule is CNS(=O)(=O)c1ccc(Nc2cc(NC3CCC([NH3+])CC3)nc3c(C(C)C)cnn23)cc1. The molecule has 1 saturated carbocycles. The maximum absolute atomic E-state index is 12.0. The van der Waals surface area contributed by atoms with E-state index in [0.29, 0.717) is 12.1 Å². The van der Waals surface area contributed by atoms with Crippen molar-refractivity contribution in [1.82, 2.24) is 19.3 Å². The molecule has 0 bridgehead atoms. The van der Waals surface area contributed by atoms with E-state index >= 15 is 0 Å². The number of hydrogen-bond donors (Lipinski definition) is 4. The monoisotopic (exact) mass is 458 g/mol. The lowest BCUT2D eigenvalue weighted by Gasteiger charge is -2.26. The van der Waals surface area contributed by atoms with Crippen LogP contribution in [0.3, 0.4) is 0 Å². The fourth-order valence-corrected chi connectivity index (χ4v) is 4.78. The Morgan fingerprint density at radius 3 is 2.44 bits per heavy atom. The Hall–Kier alpha value is -2.69. The molecule has 0 saturated heterocycles. The van der Waals surface area contributed by atoms with Gasteiger partial charge in [-0.05, 0) is 50.1 Å². The number of benzene rings is 1. The Bertz CT molecular complexity index is 1180. The van der Waals surface area contributed by atoms with Gasteiger partial charge in [-0.15, -0.1) is 0 Å². The zero-order valence-electron chi connectivity index (χ0n) is 18.8. The van der Waals surface area contributed by atoms with Crippen molar-refractivity contribution in [3.8, 4) is 0 Å². The molecule has 1 aliphatic carbocycles. The van der Waals surface area contributed by atoms with Crippen LogP contribution in [0.1, 0.15) is 51.0 Å². The minimum atomic E-state index is -3.48. The lowest BCUT2D eigenvalue weighted by Crippen LogP contribution is -2.62. The van der Waals surface area contributed by atoms with Crippen LogP contribution in [0.5, 0.6) is 0 Å². The van der Waals surface area contributed by atoms with Gasteiger partial charge in [0.05, 0.1) is 17.1 Å². The van der Waals surface area contributed by atoms with E-state index in [1.54, 1.807) is 28.8 Å². The normalized spacial score (nSPS) is 19.4. The predicted octanol–water partition coefficient (Wildman–Crippen LogP) is 2.47. The van der Waals surface area contributed by atoms with Crippen LogP contribution < -0.4 is 21.1 Å². The maximum atomic E-state index is 12.0.